The van der Waals surface area contributed by atoms with E-state index in [1.54, 1.807) is 23.1 Å². The highest BCUT2D eigenvalue weighted by Crippen LogP contribution is 2.24. The number of nitrogens with zero attached hydrogens (tertiary/aromatic N) is 1. The normalized spacial score (nSPS) is 16.3. The summed E-state index contributed by atoms with van der Waals surface area (Å²) >= 11 is 0. The topological polar surface area (TPSA) is 66.5 Å². The molecule has 5 nitrogen and oxygen atoms in total. The molecule has 29 heavy (non-hydrogen) atoms. The molecule has 1 aliphatic heterocycles. The Morgan fingerprint density at radius 3 is 2.52 bits per heavy atom. The zero-order valence-electron chi connectivity index (χ0n) is 16.5. The molecule has 1 N–H and O–H groups in total. The summed E-state index contributed by atoms with van der Waals surface area (Å²) in [4.78, 5) is 37.7. The van der Waals surface area contributed by atoms with Crippen molar-refractivity contribution in [3.63, 3.8) is 0 Å². The molecule has 6 heteroatoms. The average molecular weight is 396 g/mol. The molecule has 1 fully saturated rings. The van der Waals surface area contributed by atoms with Crippen LogP contribution in [0.2, 0.25) is 0 Å². The number of halogens is 1. The number of amides is 2. The molecule has 2 amide bonds. The number of nitrogens with one attached hydrogen (secondary N) is 1. The standard InChI is InChI=1S/C23H25FN2O3/c1-16(27)7-12-22(28)26-13-3-5-19(15-26)23(29)25-21-10-8-17(9-11-21)18-4-2-6-20(24)14-18/h2,4,6,8-11,14,19H,3,5,7,12-13,15H2,1H3,(H,25,29)/t19-/m1/s1. The third-order valence-corrected chi connectivity index (χ3v) is 5.15. The summed E-state index contributed by atoms with van der Waals surface area (Å²) < 4.78 is 13.4. The second-order valence-electron chi connectivity index (χ2n) is 7.46. The molecule has 0 spiro atoms. The molecule has 152 valence electrons. The molecule has 2 aromatic rings. The van der Waals surface area contributed by atoms with Crippen molar-refractivity contribution in [3.8, 4) is 11.1 Å². The van der Waals surface area contributed by atoms with E-state index in [-0.39, 0.29) is 42.2 Å². The minimum absolute atomic E-state index is 0.00802. The lowest BCUT2D eigenvalue weighted by atomic mass is 9.96. The summed E-state index contributed by atoms with van der Waals surface area (Å²) in [6.07, 6.45) is 1.93. The van der Waals surface area contributed by atoms with Crippen LogP contribution < -0.4 is 5.32 Å². The molecule has 1 aliphatic rings. The Morgan fingerprint density at radius 2 is 1.83 bits per heavy atom. The molecule has 0 aliphatic carbocycles. The minimum atomic E-state index is -0.292. The molecule has 0 radical (unpaired) electrons. The maximum atomic E-state index is 13.4. The number of piperidine rings is 1. The Labute approximate surface area is 169 Å². The van der Waals surface area contributed by atoms with Crippen molar-refractivity contribution in [1.82, 2.24) is 4.90 Å². The average Bonchev–Trinajstić information content (AvgIpc) is 2.72. The molecule has 0 unspecified atom stereocenters. The van der Waals surface area contributed by atoms with E-state index >= 15 is 0 Å². The third-order valence-electron chi connectivity index (χ3n) is 5.15. The van der Waals surface area contributed by atoms with Crippen LogP contribution in [0.15, 0.2) is 48.5 Å². The Balaban J connectivity index is 1.58. The molecule has 1 atom stereocenters. The largest absolute Gasteiger partial charge is 0.342 e. The summed E-state index contributed by atoms with van der Waals surface area (Å²) in [5, 5.41) is 2.91. The molecule has 2 aromatic carbocycles. The van der Waals surface area contributed by atoms with Gasteiger partial charge in [-0.3, -0.25) is 9.59 Å². The number of ketones is 1. The van der Waals surface area contributed by atoms with Crippen molar-refractivity contribution in [2.24, 2.45) is 5.92 Å². The Morgan fingerprint density at radius 1 is 1.07 bits per heavy atom. The van der Waals surface area contributed by atoms with E-state index in [9.17, 15) is 18.8 Å². The van der Waals surface area contributed by atoms with Gasteiger partial charge in [0.1, 0.15) is 11.6 Å². The Hall–Kier alpha value is -3.02. The van der Waals surface area contributed by atoms with Crippen molar-refractivity contribution in [2.75, 3.05) is 18.4 Å². The second-order valence-corrected chi connectivity index (χ2v) is 7.46. The van der Waals surface area contributed by atoms with Gasteiger partial charge < -0.3 is 15.0 Å². The van der Waals surface area contributed by atoms with Gasteiger partial charge in [0.05, 0.1) is 5.92 Å². The number of hydrogen-bond donors (Lipinski definition) is 1. The Kier molecular flexibility index (Phi) is 6.75. The van der Waals surface area contributed by atoms with Gasteiger partial charge in [-0.2, -0.15) is 0 Å². The summed E-state index contributed by atoms with van der Waals surface area (Å²) in [5.41, 5.74) is 2.30. The molecule has 1 saturated heterocycles. The zero-order valence-corrected chi connectivity index (χ0v) is 16.5. The van der Waals surface area contributed by atoms with Crippen LogP contribution in [0, 0.1) is 11.7 Å². The minimum Gasteiger partial charge on any atom is -0.342 e. The summed E-state index contributed by atoms with van der Waals surface area (Å²) in [5.74, 6) is -0.761. The highest BCUT2D eigenvalue weighted by Gasteiger charge is 2.28. The van der Waals surface area contributed by atoms with Crippen molar-refractivity contribution >= 4 is 23.3 Å². The molecule has 3 rings (SSSR count). The summed E-state index contributed by atoms with van der Waals surface area (Å²) in [6, 6.07) is 13.6. The fourth-order valence-electron chi connectivity index (χ4n) is 3.52. The maximum absolute atomic E-state index is 13.4. The fraction of sp³-hybridized carbons (Fsp3) is 0.348. The monoisotopic (exact) mass is 396 g/mol. The van der Waals surface area contributed by atoms with Gasteiger partial charge in [-0.05, 0) is 55.2 Å². The number of hydrogen-bond acceptors (Lipinski definition) is 3. The first-order valence-electron chi connectivity index (χ1n) is 9.86. The number of carbonyl (C=O) groups is 3. The van der Waals surface area contributed by atoms with Crippen molar-refractivity contribution in [2.45, 2.75) is 32.6 Å². The third kappa shape index (κ3) is 5.73. The van der Waals surface area contributed by atoms with Crippen molar-refractivity contribution < 1.29 is 18.8 Å². The van der Waals surface area contributed by atoms with Gasteiger partial charge in [-0.1, -0.05) is 24.3 Å². The van der Waals surface area contributed by atoms with Gasteiger partial charge in [0.25, 0.3) is 0 Å². The molecule has 1 heterocycles. The number of anilines is 1. The summed E-state index contributed by atoms with van der Waals surface area (Å²) in [6.45, 7) is 2.48. The molecule has 0 bridgehead atoms. The van der Waals surface area contributed by atoms with E-state index in [0.29, 0.717) is 18.8 Å². The lowest BCUT2D eigenvalue weighted by Gasteiger charge is -2.32. The van der Waals surface area contributed by atoms with Crippen molar-refractivity contribution in [1.29, 1.82) is 0 Å². The van der Waals surface area contributed by atoms with E-state index in [4.69, 9.17) is 0 Å². The number of rotatable bonds is 6. The van der Waals surface area contributed by atoms with Crippen LogP contribution in [0.25, 0.3) is 11.1 Å². The van der Waals surface area contributed by atoms with Gasteiger partial charge >= 0.3 is 0 Å². The van der Waals surface area contributed by atoms with Crippen LogP contribution in [0.1, 0.15) is 32.6 Å². The number of carbonyl (C=O) groups excluding carboxylic acids is 3. The first kappa shape index (κ1) is 20.7. The van der Waals surface area contributed by atoms with E-state index in [1.807, 2.05) is 18.2 Å². The predicted octanol–water partition coefficient (Wildman–Crippen LogP) is 4.04. The Bertz CT molecular complexity index is 895. The quantitative estimate of drug-likeness (QED) is 0.801. The fourth-order valence-corrected chi connectivity index (χ4v) is 3.52. The highest BCUT2D eigenvalue weighted by molar-refractivity contribution is 5.93. The smallest absolute Gasteiger partial charge is 0.229 e. The van der Waals surface area contributed by atoms with E-state index in [0.717, 1.165) is 24.0 Å². The second kappa shape index (κ2) is 9.45. The van der Waals surface area contributed by atoms with E-state index in [2.05, 4.69) is 5.32 Å². The number of Topliss-reactive ketones (excluding diaryl/α,β-unsaturated/α-hetero) is 1. The van der Waals surface area contributed by atoms with Crippen LogP contribution >= 0.6 is 0 Å². The lowest BCUT2D eigenvalue weighted by Crippen LogP contribution is -2.43. The first-order chi connectivity index (χ1) is 13.9. The molecule has 0 aromatic heterocycles. The number of likely N-dealkylation sites (tertiary alicyclic amines) is 1. The van der Waals surface area contributed by atoms with Gasteiger partial charge in [0.2, 0.25) is 11.8 Å². The maximum Gasteiger partial charge on any atom is 0.229 e. The molecular weight excluding hydrogens is 371 g/mol. The first-order valence-corrected chi connectivity index (χ1v) is 9.86. The van der Waals surface area contributed by atoms with Crippen molar-refractivity contribution in [3.05, 3.63) is 54.3 Å². The molecule has 0 saturated carbocycles. The number of benzene rings is 2. The predicted molar refractivity (Wildman–Crippen MR) is 110 cm³/mol. The van der Waals surface area contributed by atoms with Gasteiger partial charge in [-0.25, -0.2) is 4.39 Å². The van der Waals surface area contributed by atoms with Crippen LogP contribution in [-0.2, 0) is 14.4 Å². The molecular formula is C23H25FN2O3. The zero-order chi connectivity index (χ0) is 20.8. The van der Waals surface area contributed by atoms with E-state index < -0.39 is 0 Å². The van der Waals surface area contributed by atoms with Crippen LogP contribution in [0.5, 0.6) is 0 Å². The van der Waals surface area contributed by atoms with E-state index in [1.165, 1.54) is 19.1 Å². The lowest BCUT2D eigenvalue weighted by molar-refractivity contribution is -0.136. The van der Waals surface area contributed by atoms with Crippen LogP contribution in [0.4, 0.5) is 10.1 Å². The SMILES string of the molecule is CC(=O)CCC(=O)N1CCC[C@@H](C(=O)Nc2ccc(-c3cccc(F)c3)cc2)C1. The van der Waals surface area contributed by atoms with Crippen LogP contribution in [0.3, 0.4) is 0 Å². The van der Waals surface area contributed by atoms with Crippen LogP contribution in [-0.4, -0.2) is 35.6 Å². The summed E-state index contributed by atoms with van der Waals surface area (Å²) in [7, 11) is 0. The van der Waals surface area contributed by atoms with Gasteiger partial charge in [-0.15, -0.1) is 0 Å². The van der Waals surface area contributed by atoms with Gasteiger partial charge in [0.15, 0.2) is 0 Å². The highest BCUT2D eigenvalue weighted by atomic mass is 19.1. The van der Waals surface area contributed by atoms with Gasteiger partial charge in [0, 0.05) is 31.6 Å².